The first-order chi connectivity index (χ1) is 9.61. The molecule has 1 aliphatic heterocycles. The molecule has 0 aromatic carbocycles. The third kappa shape index (κ3) is 3.32. The van der Waals surface area contributed by atoms with Crippen LogP contribution in [0.25, 0.3) is 0 Å². The minimum absolute atomic E-state index is 0.0744. The molecule has 8 nitrogen and oxygen atoms in total. The van der Waals surface area contributed by atoms with Crippen LogP contribution in [-0.2, 0) is 11.3 Å². The molecule has 8 heteroatoms. The number of likely N-dealkylation sites (tertiary alicyclic amines) is 1. The maximum Gasteiger partial charge on any atom is 0.325 e. The van der Waals surface area contributed by atoms with Gasteiger partial charge in [0.1, 0.15) is 6.54 Å². The van der Waals surface area contributed by atoms with Crippen molar-refractivity contribution in [3.63, 3.8) is 0 Å². The lowest BCUT2D eigenvalue weighted by molar-refractivity contribution is -0.137. The Kier molecular flexibility index (Phi) is 4.67. The Bertz CT molecular complexity index is 488. The second kappa shape index (κ2) is 6.47. The fourth-order valence-electron chi connectivity index (χ4n) is 2.39. The molecule has 0 spiro atoms. The highest BCUT2D eigenvalue weighted by molar-refractivity contribution is 5.92. The van der Waals surface area contributed by atoms with Gasteiger partial charge < -0.3 is 15.1 Å². The Hall–Kier alpha value is -1.96. The molecular formula is C12H18N4O4. The van der Waals surface area contributed by atoms with Crippen LogP contribution in [0.4, 0.5) is 0 Å². The number of carbonyl (C=O) groups excluding carboxylic acids is 1. The third-order valence-corrected chi connectivity index (χ3v) is 3.40. The van der Waals surface area contributed by atoms with Crippen molar-refractivity contribution in [3.8, 4) is 0 Å². The molecule has 1 aromatic rings. The largest absolute Gasteiger partial charge is 0.480 e. The molecule has 1 aliphatic rings. The fraction of sp³-hybridized carbons (Fsp3) is 0.667. The number of carboxylic acids is 1. The zero-order chi connectivity index (χ0) is 14.5. The molecule has 1 amide bonds. The Balaban J connectivity index is 2.11. The van der Waals surface area contributed by atoms with Gasteiger partial charge in [-0.2, -0.15) is 0 Å². The Morgan fingerprint density at radius 1 is 1.35 bits per heavy atom. The molecule has 0 bridgehead atoms. The monoisotopic (exact) mass is 282 g/mol. The Morgan fingerprint density at radius 3 is 2.85 bits per heavy atom. The minimum atomic E-state index is -1.04. The number of aromatic nitrogens is 3. The zero-order valence-electron chi connectivity index (χ0n) is 11.1. The van der Waals surface area contributed by atoms with E-state index in [1.165, 1.54) is 6.20 Å². The van der Waals surface area contributed by atoms with Gasteiger partial charge in [-0.05, 0) is 12.8 Å². The minimum Gasteiger partial charge on any atom is -0.480 e. The van der Waals surface area contributed by atoms with E-state index in [-0.39, 0.29) is 30.8 Å². The van der Waals surface area contributed by atoms with Crippen LogP contribution in [0.5, 0.6) is 0 Å². The van der Waals surface area contributed by atoms with E-state index < -0.39 is 5.97 Å². The summed E-state index contributed by atoms with van der Waals surface area (Å²) in [7, 11) is 0. The first-order valence-corrected chi connectivity index (χ1v) is 6.65. The average molecular weight is 282 g/mol. The molecule has 1 atom stereocenters. The SMILES string of the molecule is O=C(O)Cn1cc(C(=O)N2CCCCCC2CO)nn1. The van der Waals surface area contributed by atoms with Crippen LogP contribution in [-0.4, -0.2) is 61.2 Å². The van der Waals surface area contributed by atoms with E-state index in [0.717, 1.165) is 30.4 Å². The summed E-state index contributed by atoms with van der Waals surface area (Å²) in [6.07, 6.45) is 5.01. The van der Waals surface area contributed by atoms with Gasteiger partial charge in [0.25, 0.3) is 5.91 Å². The highest BCUT2D eigenvalue weighted by atomic mass is 16.4. The highest BCUT2D eigenvalue weighted by Gasteiger charge is 2.27. The van der Waals surface area contributed by atoms with Crippen molar-refractivity contribution in [2.45, 2.75) is 38.3 Å². The molecule has 2 heterocycles. The van der Waals surface area contributed by atoms with E-state index in [2.05, 4.69) is 10.3 Å². The molecule has 0 saturated carbocycles. The zero-order valence-corrected chi connectivity index (χ0v) is 11.1. The van der Waals surface area contributed by atoms with E-state index in [4.69, 9.17) is 5.11 Å². The lowest BCUT2D eigenvalue weighted by atomic mass is 10.1. The van der Waals surface area contributed by atoms with Crippen molar-refractivity contribution in [2.75, 3.05) is 13.2 Å². The van der Waals surface area contributed by atoms with Crippen molar-refractivity contribution in [1.29, 1.82) is 0 Å². The lowest BCUT2D eigenvalue weighted by Crippen LogP contribution is -2.42. The number of nitrogens with zero attached hydrogens (tertiary/aromatic N) is 4. The van der Waals surface area contributed by atoms with E-state index in [0.29, 0.717) is 6.54 Å². The summed E-state index contributed by atoms with van der Waals surface area (Å²) in [5.41, 5.74) is 0.117. The van der Waals surface area contributed by atoms with Gasteiger partial charge in [0.2, 0.25) is 0 Å². The predicted molar refractivity (Wildman–Crippen MR) is 68.0 cm³/mol. The average Bonchev–Trinajstić information content (AvgIpc) is 2.74. The quantitative estimate of drug-likeness (QED) is 0.787. The van der Waals surface area contributed by atoms with Crippen LogP contribution in [0.15, 0.2) is 6.20 Å². The Morgan fingerprint density at radius 2 is 2.15 bits per heavy atom. The Labute approximate surface area is 116 Å². The molecule has 1 aromatic heterocycles. The molecule has 1 fully saturated rings. The molecule has 1 unspecified atom stereocenters. The smallest absolute Gasteiger partial charge is 0.325 e. The normalized spacial score (nSPS) is 19.6. The summed E-state index contributed by atoms with van der Waals surface area (Å²) in [6.45, 7) is 0.175. The van der Waals surface area contributed by atoms with Crippen LogP contribution in [0.2, 0.25) is 0 Å². The predicted octanol–water partition coefficient (Wildman–Crippen LogP) is -0.260. The number of aliphatic carboxylic acids is 1. The molecule has 110 valence electrons. The van der Waals surface area contributed by atoms with Crippen molar-refractivity contribution in [1.82, 2.24) is 19.9 Å². The summed E-state index contributed by atoms with van der Waals surface area (Å²) in [4.78, 5) is 24.6. The van der Waals surface area contributed by atoms with Gasteiger partial charge in [-0.15, -0.1) is 5.10 Å². The summed E-state index contributed by atoms with van der Waals surface area (Å²) in [6, 6.07) is -0.199. The van der Waals surface area contributed by atoms with E-state index in [1.807, 2.05) is 0 Å². The molecule has 1 saturated heterocycles. The van der Waals surface area contributed by atoms with Gasteiger partial charge in [-0.3, -0.25) is 9.59 Å². The summed E-state index contributed by atoms with van der Waals surface area (Å²) in [5.74, 6) is -1.35. The molecular weight excluding hydrogens is 264 g/mol. The first-order valence-electron chi connectivity index (χ1n) is 6.65. The number of amides is 1. The van der Waals surface area contributed by atoms with Gasteiger partial charge in [-0.1, -0.05) is 18.1 Å². The number of aliphatic hydroxyl groups excluding tert-OH is 1. The standard InChI is InChI=1S/C12H18N4O4/c17-8-9-4-2-1-3-5-16(9)12(20)10-6-15(14-13-10)7-11(18)19/h6,9,17H,1-5,7-8H2,(H,18,19). The van der Waals surface area contributed by atoms with E-state index in [1.54, 1.807) is 4.90 Å². The lowest BCUT2D eigenvalue weighted by Gasteiger charge is -2.27. The summed E-state index contributed by atoms with van der Waals surface area (Å²) < 4.78 is 1.11. The number of hydrogen-bond donors (Lipinski definition) is 2. The van der Waals surface area contributed by atoms with Gasteiger partial charge in [0, 0.05) is 6.54 Å². The first kappa shape index (κ1) is 14.4. The molecule has 0 radical (unpaired) electrons. The number of carboxylic acid groups (broad SMARTS) is 1. The topological polar surface area (TPSA) is 109 Å². The molecule has 0 aliphatic carbocycles. The maximum atomic E-state index is 12.4. The van der Waals surface area contributed by atoms with Crippen molar-refractivity contribution in [2.24, 2.45) is 0 Å². The number of hydrogen-bond acceptors (Lipinski definition) is 5. The summed E-state index contributed by atoms with van der Waals surface area (Å²) >= 11 is 0. The second-order valence-corrected chi connectivity index (χ2v) is 4.88. The fourth-order valence-corrected chi connectivity index (χ4v) is 2.39. The van der Waals surface area contributed by atoms with Crippen LogP contribution >= 0.6 is 0 Å². The molecule has 20 heavy (non-hydrogen) atoms. The van der Waals surface area contributed by atoms with Crippen LogP contribution in [0, 0.1) is 0 Å². The summed E-state index contributed by atoms with van der Waals surface area (Å²) in [5, 5.41) is 25.4. The van der Waals surface area contributed by atoms with Crippen LogP contribution in [0.3, 0.4) is 0 Å². The van der Waals surface area contributed by atoms with E-state index in [9.17, 15) is 14.7 Å². The van der Waals surface area contributed by atoms with Crippen LogP contribution < -0.4 is 0 Å². The number of rotatable bonds is 4. The van der Waals surface area contributed by atoms with Crippen molar-refractivity contribution >= 4 is 11.9 Å². The number of aliphatic hydroxyl groups is 1. The van der Waals surface area contributed by atoms with Crippen molar-refractivity contribution < 1.29 is 19.8 Å². The molecule has 2 rings (SSSR count). The highest BCUT2D eigenvalue weighted by Crippen LogP contribution is 2.18. The van der Waals surface area contributed by atoms with Gasteiger partial charge in [0.05, 0.1) is 18.8 Å². The second-order valence-electron chi connectivity index (χ2n) is 4.88. The van der Waals surface area contributed by atoms with Crippen LogP contribution in [0.1, 0.15) is 36.2 Å². The van der Waals surface area contributed by atoms with Gasteiger partial charge >= 0.3 is 5.97 Å². The molecule has 2 N–H and O–H groups in total. The third-order valence-electron chi connectivity index (χ3n) is 3.40. The number of carbonyl (C=O) groups is 2. The maximum absolute atomic E-state index is 12.4. The van der Waals surface area contributed by atoms with Gasteiger partial charge in [0.15, 0.2) is 5.69 Å². The van der Waals surface area contributed by atoms with Crippen molar-refractivity contribution in [3.05, 3.63) is 11.9 Å². The van der Waals surface area contributed by atoms with E-state index >= 15 is 0 Å². The van der Waals surface area contributed by atoms with Gasteiger partial charge in [-0.25, -0.2) is 4.68 Å².